The summed E-state index contributed by atoms with van der Waals surface area (Å²) in [5.41, 5.74) is -0.741. The van der Waals surface area contributed by atoms with Gasteiger partial charge in [0.25, 0.3) is 5.92 Å². The first-order chi connectivity index (χ1) is 8.55. The van der Waals surface area contributed by atoms with Gasteiger partial charge in [-0.25, -0.2) is 13.6 Å². The summed E-state index contributed by atoms with van der Waals surface area (Å²) in [5, 5.41) is 17.9. The molecule has 1 fully saturated rings. The number of halogens is 2. The van der Waals surface area contributed by atoms with E-state index in [2.05, 4.69) is 0 Å². The molecule has 1 aliphatic rings. The zero-order valence-electron chi connectivity index (χ0n) is 11.4. The molecule has 2 atom stereocenters. The lowest BCUT2D eigenvalue weighted by Crippen LogP contribution is -2.36. The lowest BCUT2D eigenvalue weighted by atomic mass is 9.98. The molecular weight excluding hydrogens is 260 g/mol. The number of nitrogens with zero attached hydrogens (tertiary/aromatic N) is 1. The monoisotopic (exact) mass is 281 g/mol. The van der Waals surface area contributed by atoms with E-state index in [9.17, 15) is 18.7 Å². The molecule has 1 aliphatic heterocycles. The molecular formula is C12H21F2NO4. The van der Waals surface area contributed by atoms with Gasteiger partial charge < -0.3 is 19.8 Å². The highest BCUT2D eigenvalue weighted by Crippen LogP contribution is 2.36. The number of ether oxygens (including phenoxy) is 1. The first kappa shape index (κ1) is 16.1. The lowest BCUT2D eigenvalue weighted by Gasteiger charge is -2.24. The maximum absolute atomic E-state index is 13.7. The number of amides is 1. The van der Waals surface area contributed by atoms with Gasteiger partial charge in [0.05, 0.1) is 19.3 Å². The molecule has 0 aromatic heterocycles. The van der Waals surface area contributed by atoms with E-state index in [-0.39, 0.29) is 13.0 Å². The van der Waals surface area contributed by atoms with Gasteiger partial charge in [0, 0.05) is 12.5 Å². The van der Waals surface area contributed by atoms with E-state index < -0.39 is 42.8 Å². The van der Waals surface area contributed by atoms with Crippen LogP contribution in [-0.2, 0) is 4.74 Å². The third-order valence-electron chi connectivity index (χ3n) is 2.86. The fourth-order valence-electron chi connectivity index (χ4n) is 1.96. The van der Waals surface area contributed by atoms with Crippen molar-refractivity contribution in [3.05, 3.63) is 0 Å². The Hall–Kier alpha value is -0.950. The Morgan fingerprint density at radius 3 is 2.58 bits per heavy atom. The molecule has 19 heavy (non-hydrogen) atoms. The first-order valence-electron chi connectivity index (χ1n) is 6.20. The summed E-state index contributed by atoms with van der Waals surface area (Å²) in [6.45, 7) is 3.51. The maximum Gasteiger partial charge on any atom is 0.410 e. The smallest absolute Gasteiger partial charge is 0.410 e. The Balaban J connectivity index is 2.64. The summed E-state index contributed by atoms with van der Waals surface area (Å²) in [6.07, 6.45) is -2.23. The Morgan fingerprint density at radius 2 is 2.11 bits per heavy atom. The average Bonchev–Trinajstić information content (AvgIpc) is 2.52. The van der Waals surface area contributed by atoms with Crippen LogP contribution in [0, 0.1) is 5.92 Å². The number of hydrogen-bond acceptors (Lipinski definition) is 4. The minimum Gasteiger partial charge on any atom is -0.444 e. The van der Waals surface area contributed by atoms with Gasteiger partial charge in [0.1, 0.15) is 5.60 Å². The van der Waals surface area contributed by atoms with Crippen LogP contribution in [0.1, 0.15) is 27.2 Å². The highest BCUT2D eigenvalue weighted by Gasteiger charge is 2.50. The SMILES string of the molecule is CC(C)(C)OC(=O)N1C[C@@H](C[C@H](O)CO)C(F)(F)C1. The second kappa shape index (κ2) is 5.58. The van der Waals surface area contributed by atoms with E-state index in [1.807, 2.05) is 0 Å². The number of hydrogen-bond donors (Lipinski definition) is 2. The summed E-state index contributed by atoms with van der Waals surface area (Å²) in [7, 11) is 0. The van der Waals surface area contributed by atoms with Crippen molar-refractivity contribution in [1.29, 1.82) is 0 Å². The fraction of sp³-hybridized carbons (Fsp3) is 0.917. The van der Waals surface area contributed by atoms with Crippen molar-refractivity contribution in [3.8, 4) is 0 Å². The number of likely N-dealkylation sites (tertiary alicyclic amines) is 1. The van der Waals surface area contributed by atoms with E-state index in [4.69, 9.17) is 9.84 Å². The maximum atomic E-state index is 13.7. The van der Waals surface area contributed by atoms with Crippen molar-refractivity contribution in [2.45, 2.75) is 44.8 Å². The number of carbonyl (C=O) groups excluding carboxylic acids is 1. The number of aliphatic hydroxyl groups excluding tert-OH is 2. The lowest BCUT2D eigenvalue weighted by molar-refractivity contribution is -0.0478. The van der Waals surface area contributed by atoms with Gasteiger partial charge in [-0.3, -0.25) is 0 Å². The number of aliphatic hydroxyl groups is 2. The molecule has 0 saturated carbocycles. The molecule has 112 valence electrons. The van der Waals surface area contributed by atoms with Crippen LogP contribution in [0.25, 0.3) is 0 Å². The molecule has 0 spiro atoms. The zero-order chi connectivity index (χ0) is 14.8. The van der Waals surface area contributed by atoms with Crippen molar-refractivity contribution in [2.75, 3.05) is 19.7 Å². The molecule has 0 aromatic rings. The summed E-state index contributed by atoms with van der Waals surface area (Å²) in [4.78, 5) is 12.7. The molecule has 1 rings (SSSR count). The fourth-order valence-corrected chi connectivity index (χ4v) is 1.96. The second-order valence-corrected chi connectivity index (χ2v) is 5.89. The Labute approximate surface area is 111 Å². The molecule has 2 N–H and O–H groups in total. The molecule has 1 saturated heterocycles. The largest absolute Gasteiger partial charge is 0.444 e. The summed E-state index contributed by atoms with van der Waals surface area (Å²) >= 11 is 0. The molecule has 0 aliphatic carbocycles. The Bertz CT molecular complexity index is 330. The molecule has 0 unspecified atom stereocenters. The molecule has 0 radical (unpaired) electrons. The molecule has 0 aromatic carbocycles. The van der Waals surface area contributed by atoms with Crippen molar-refractivity contribution in [3.63, 3.8) is 0 Å². The van der Waals surface area contributed by atoms with E-state index in [1.54, 1.807) is 20.8 Å². The van der Waals surface area contributed by atoms with Crippen molar-refractivity contribution in [1.82, 2.24) is 4.90 Å². The van der Waals surface area contributed by atoms with Crippen LogP contribution in [0.2, 0.25) is 0 Å². The molecule has 0 bridgehead atoms. The van der Waals surface area contributed by atoms with Crippen LogP contribution in [0.5, 0.6) is 0 Å². The topological polar surface area (TPSA) is 70.0 Å². The molecule has 1 heterocycles. The predicted molar refractivity (Wildman–Crippen MR) is 64.0 cm³/mol. The van der Waals surface area contributed by atoms with E-state index in [0.717, 1.165) is 4.90 Å². The summed E-state index contributed by atoms with van der Waals surface area (Å²) in [6, 6.07) is 0. The first-order valence-corrected chi connectivity index (χ1v) is 6.20. The standard InChI is InChI=1S/C12H21F2NO4/c1-11(2,3)19-10(18)15-5-8(4-9(17)6-16)12(13,14)7-15/h8-9,16-17H,4-7H2,1-3H3/t8-,9+/m1/s1. The van der Waals surface area contributed by atoms with Crippen LogP contribution in [-0.4, -0.2) is 58.5 Å². The average molecular weight is 281 g/mol. The number of alkyl halides is 2. The van der Waals surface area contributed by atoms with Gasteiger partial charge in [-0.05, 0) is 27.2 Å². The quantitative estimate of drug-likeness (QED) is 0.816. The molecule has 1 amide bonds. The minimum atomic E-state index is -3.08. The van der Waals surface area contributed by atoms with Crippen molar-refractivity contribution >= 4 is 6.09 Å². The third-order valence-corrected chi connectivity index (χ3v) is 2.86. The van der Waals surface area contributed by atoms with Crippen molar-refractivity contribution in [2.24, 2.45) is 5.92 Å². The zero-order valence-corrected chi connectivity index (χ0v) is 11.4. The van der Waals surface area contributed by atoms with Gasteiger partial charge in [-0.15, -0.1) is 0 Å². The van der Waals surface area contributed by atoms with Crippen molar-refractivity contribution < 1.29 is 28.5 Å². The van der Waals surface area contributed by atoms with Gasteiger partial charge in [0.15, 0.2) is 0 Å². The molecule has 7 heteroatoms. The van der Waals surface area contributed by atoms with E-state index in [1.165, 1.54) is 0 Å². The predicted octanol–water partition coefficient (Wildman–Crippen LogP) is 1.23. The highest BCUT2D eigenvalue weighted by atomic mass is 19.3. The summed E-state index contributed by atoms with van der Waals surface area (Å²) in [5.74, 6) is -4.24. The highest BCUT2D eigenvalue weighted by molar-refractivity contribution is 5.68. The van der Waals surface area contributed by atoms with E-state index >= 15 is 0 Å². The van der Waals surface area contributed by atoms with Crippen LogP contribution >= 0.6 is 0 Å². The number of rotatable bonds is 3. The van der Waals surface area contributed by atoms with E-state index in [0.29, 0.717) is 0 Å². The van der Waals surface area contributed by atoms with Crippen LogP contribution in [0.3, 0.4) is 0 Å². The van der Waals surface area contributed by atoms with Crippen LogP contribution < -0.4 is 0 Å². The summed E-state index contributed by atoms with van der Waals surface area (Å²) < 4.78 is 32.4. The second-order valence-electron chi connectivity index (χ2n) is 5.89. The normalized spacial score (nSPS) is 24.4. The Kier molecular flexibility index (Phi) is 4.73. The van der Waals surface area contributed by atoms with Gasteiger partial charge in [-0.1, -0.05) is 0 Å². The Morgan fingerprint density at radius 1 is 1.53 bits per heavy atom. The van der Waals surface area contributed by atoms with Crippen LogP contribution in [0.15, 0.2) is 0 Å². The van der Waals surface area contributed by atoms with Gasteiger partial charge >= 0.3 is 6.09 Å². The van der Waals surface area contributed by atoms with Gasteiger partial charge in [-0.2, -0.15) is 0 Å². The van der Waals surface area contributed by atoms with Crippen LogP contribution in [0.4, 0.5) is 13.6 Å². The molecule has 5 nitrogen and oxygen atoms in total. The van der Waals surface area contributed by atoms with Gasteiger partial charge in [0.2, 0.25) is 0 Å². The third kappa shape index (κ3) is 4.58. The number of carbonyl (C=O) groups is 1. The minimum absolute atomic E-state index is 0.182.